The molecule has 2 aliphatic heterocycles. The van der Waals surface area contributed by atoms with Crippen molar-refractivity contribution >= 4 is 5.97 Å². The van der Waals surface area contributed by atoms with E-state index < -0.39 is 11.4 Å². The van der Waals surface area contributed by atoms with Crippen LogP contribution in [0.15, 0.2) is 0 Å². The summed E-state index contributed by atoms with van der Waals surface area (Å²) in [5.41, 5.74) is -0.631. The van der Waals surface area contributed by atoms with Gasteiger partial charge in [-0.2, -0.15) is 0 Å². The first-order valence-electron chi connectivity index (χ1n) is 6.18. The third-order valence-electron chi connectivity index (χ3n) is 3.87. The van der Waals surface area contributed by atoms with Crippen molar-refractivity contribution in [2.24, 2.45) is 11.3 Å². The van der Waals surface area contributed by atoms with Crippen LogP contribution in [0.5, 0.6) is 0 Å². The molecule has 0 aromatic heterocycles. The van der Waals surface area contributed by atoms with Crippen molar-refractivity contribution < 1.29 is 9.90 Å². The molecular formula is C12H22N2O2. The summed E-state index contributed by atoms with van der Waals surface area (Å²) in [7, 11) is 0. The molecule has 0 aromatic rings. The lowest BCUT2D eigenvalue weighted by Crippen LogP contribution is -2.42. The summed E-state index contributed by atoms with van der Waals surface area (Å²) in [6, 6.07) is 0.596. The Hall–Kier alpha value is -0.610. The summed E-state index contributed by atoms with van der Waals surface area (Å²) < 4.78 is 0. The number of nitrogens with one attached hydrogen (secondary N) is 1. The maximum absolute atomic E-state index is 11.1. The van der Waals surface area contributed by atoms with Crippen molar-refractivity contribution in [2.45, 2.75) is 32.7 Å². The molecule has 0 saturated carbocycles. The molecule has 2 saturated heterocycles. The SMILES string of the molecule is CC(C)(CN1CC2CCCNC2C1)C(=O)O. The van der Waals surface area contributed by atoms with Gasteiger partial charge in [-0.1, -0.05) is 0 Å². The molecule has 2 unspecified atom stereocenters. The van der Waals surface area contributed by atoms with Gasteiger partial charge in [0.05, 0.1) is 5.41 Å². The van der Waals surface area contributed by atoms with E-state index in [1.165, 1.54) is 12.8 Å². The number of aliphatic carboxylic acids is 1. The molecule has 0 aromatic carbocycles. The van der Waals surface area contributed by atoms with E-state index in [-0.39, 0.29) is 0 Å². The number of fused-ring (bicyclic) bond motifs is 1. The Balaban J connectivity index is 1.91. The lowest BCUT2D eigenvalue weighted by atomic mass is 9.93. The topological polar surface area (TPSA) is 52.6 Å². The second kappa shape index (κ2) is 4.34. The van der Waals surface area contributed by atoms with Gasteiger partial charge in [0.25, 0.3) is 0 Å². The molecule has 0 aliphatic carbocycles. The molecular weight excluding hydrogens is 204 g/mol. The molecule has 2 fully saturated rings. The van der Waals surface area contributed by atoms with Gasteiger partial charge >= 0.3 is 5.97 Å². The van der Waals surface area contributed by atoms with Crippen LogP contribution in [0.2, 0.25) is 0 Å². The number of hydrogen-bond donors (Lipinski definition) is 2. The minimum absolute atomic E-state index is 0.596. The summed E-state index contributed by atoms with van der Waals surface area (Å²) in [4.78, 5) is 13.4. The van der Waals surface area contributed by atoms with Crippen LogP contribution in [0.3, 0.4) is 0 Å². The normalized spacial score (nSPS) is 31.4. The van der Waals surface area contributed by atoms with Crippen LogP contribution in [0.25, 0.3) is 0 Å². The first-order valence-corrected chi connectivity index (χ1v) is 6.18. The lowest BCUT2D eigenvalue weighted by molar-refractivity contribution is -0.147. The molecule has 2 aliphatic rings. The summed E-state index contributed by atoms with van der Waals surface area (Å²) in [6.07, 6.45) is 2.55. The Kier molecular flexibility index (Phi) is 3.22. The van der Waals surface area contributed by atoms with Gasteiger partial charge in [0.15, 0.2) is 0 Å². The van der Waals surface area contributed by atoms with Crippen molar-refractivity contribution in [1.29, 1.82) is 0 Å². The zero-order valence-corrected chi connectivity index (χ0v) is 10.2. The predicted octanol–water partition coefficient (Wildman–Crippen LogP) is 0.781. The van der Waals surface area contributed by atoms with Gasteiger partial charge in [-0.15, -0.1) is 0 Å². The smallest absolute Gasteiger partial charge is 0.310 e. The van der Waals surface area contributed by atoms with Crippen molar-refractivity contribution in [3.63, 3.8) is 0 Å². The van der Waals surface area contributed by atoms with Gasteiger partial charge in [-0.05, 0) is 39.2 Å². The molecule has 0 radical (unpaired) electrons. The van der Waals surface area contributed by atoms with E-state index in [1.807, 2.05) is 13.8 Å². The summed E-state index contributed by atoms with van der Waals surface area (Å²) in [5.74, 6) is 0.0358. The third-order valence-corrected chi connectivity index (χ3v) is 3.87. The Morgan fingerprint density at radius 2 is 2.25 bits per heavy atom. The second-order valence-corrected chi connectivity index (χ2v) is 5.85. The molecule has 4 heteroatoms. The third kappa shape index (κ3) is 2.38. The molecule has 2 N–H and O–H groups in total. The molecule has 0 spiro atoms. The molecule has 2 atom stereocenters. The van der Waals surface area contributed by atoms with Gasteiger partial charge in [-0.3, -0.25) is 4.79 Å². The number of carboxylic acids is 1. The molecule has 92 valence electrons. The quantitative estimate of drug-likeness (QED) is 0.747. The fraction of sp³-hybridized carbons (Fsp3) is 0.917. The fourth-order valence-corrected chi connectivity index (χ4v) is 2.89. The summed E-state index contributed by atoms with van der Waals surface area (Å²) >= 11 is 0. The van der Waals surface area contributed by atoms with Gasteiger partial charge in [-0.25, -0.2) is 0 Å². The maximum atomic E-state index is 11.1. The number of likely N-dealkylation sites (tertiary alicyclic amines) is 1. The lowest BCUT2D eigenvalue weighted by Gasteiger charge is -2.26. The zero-order chi connectivity index (χ0) is 11.8. The van der Waals surface area contributed by atoms with Gasteiger partial charge in [0.1, 0.15) is 0 Å². The minimum Gasteiger partial charge on any atom is -0.481 e. The van der Waals surface area contributed by atoms with Crippen LogP contribution in [-0.4, -0.2) is 48.2 Å². The summed E-state index contributed by atoms with van der Waals surface area (Å²) in [5, 5.41) is 12.7. The maximum Gasteiger partial charge on any atom is 0.310 e. The Bertz CT molecular complexity index is 264. The highest BCUT2D eigenvalue weighted by Crippen LogP contribution is 2.27. The van der Waals surface area contributed by atoms with Crippen LogP contribution >= 0.6 is 0 Å². The van der Waals surface area contributed by atoms with E-state index in [0.29, 0.717) is 12.6 Å². The van der Waals surface area contributed by atoms with Gasteiger partial charge < -0.3 is 15.3 Å². The fourth-order valence-electron chi connectivity index (χ4n) is 2.89. The van der Waals surface area contributed by atoms with Gasteiger partial charge in [0, 0.05) is 25.7 Å². The molecule has 2 heterocycles. The minimum atomic E-state index is -0.699. The van der Waals surface area contributed by atoms with Crippen molar-refractivity contribution in [3.05, 3.63) is 0 Å². The van der Waals surface area contributed by atoms with Crippen molar-refractivity contribution in [2.75, 3.05) is 26.2 Å². The van der Waals surface area contributed by atoms with Crippen LogP contribution in [0.4, 0.5) is 0 Å². The Morgan fingerprint density at radius 3 is 2.88 bits per heavy atom. The van der Waals surface area contributed by atoms with Crippen molar-refractivity contribution in [1.82, 2.24) is 10.2 Å². The molecule has 16 heavy (non-hydrogen) atoms. The highest BCUT2D eigenvalue weighted by molar-refractivity contribution is 5.73. The first-order chi connectivity index (χ1) is 7.49. The molecule has 2 rings (SSSR count). The first kappa shape index (κ1) is 11.9. The van der Waals surface area contributed by atoms with E-state index in [2.05, 4.69) is 10.2 Å². The number of carbonyl (C=O) groups is 1. The monoisotopic (exact) mass is 226 g/mol. The highest BCUT2D eigenvalue weighted by atomic mass is 16.4. The van der Waals surface area contributed by atoms with E-state index in [0.717, 1.165) is 25.6 Å². The number of carboxylic acid groups (broad SMARTS) is 1. The van der Waals surface area contributed by atoms with E-state index >= 15 is 0 Å². The predicted molar refractivity (Wildman–Crippen MR) is 62.4 cm³/mol. The Labute approximate surface area is 97.0 Å². The zero-order valence-electron chi connectivity index (χ0n) is 10.2. The molecule has 0 bridgehead atoms. The average molecular weight is 226 g/mol. The van der Waals surface area contributed by atoms with Crippen LogP contribution in [-0.2, 0) is 4.79 Å². The summed E-state index contributed by atoms with van der Waals surface area (Å²) in [6.45, 7) is 7.49. The van der Waals surface area contributed by atoms with E-state index in [9.17, 15) is 4.79 Å². The van der Waals surface area contributed by atoms with E-state index in [4.69, 9.17) is 5.11 Å². The average Bonchev–Trinajstić information content (AvgIpc) is 2.58. The molecule has 4 nitrogen and oxygen atoms in total. The second-order valence-electron chi connectivity index (χ2n) is 5.85. The van der Waals surface area contributed by atoms with Crippen LogP contribution in [0, 0.1) is 11.3 Å². The van der Waals surface area contributed by atoms with E-state index in [1.54, 1.807) is 0 Å². The highest BCUT2D eigenvalue weighted by Gasteiger charge is 2.38. The standard InChI is InChI=1S/C12H22N2O2/c1-12(2,11(15)16)8-14-6-9-4-3-5-13-10(9)7-14/h9-10,13H,3-8H2,1-2H3,(H,15,16). The number of rotatable bonds is 3. The van der Waals surface area contributed by atoms with Crippen LogP contribution in [0.1, 0.15) is 26.7 Å². The van der Waals surface area contributed by atoms with Crippen molar-refractivity contribution in [3.8, 4) is 0 Å². The number of piperidine rings is 1. The number of nitrogens with zero attached hydrogens (tertiary/aromatic N) is 1. The van der Waals surface area contributed by atoms with Crippen LogP contribution < -0.4 is 5.32 Å². The number of hydrogen-bond acceptors (Lipinski definition) is 3. The van der Waals surface area contributed by atoms with Gasteiger partial charge in [0.2, 0.25) is 0 Å². The Morgan fingerprint density at radius 1 is 1.50 bits per heavy atom. The molecule has 0 amide bonds. The largest absolute Gasteiger partial charge is 0.481 e.